The number of morpholine rings is 1. The molecule has 0 spiro atoms. The maximum absolute atomic E-state index is 12.1. The number of aromatic nitrogens is 2. The minimum absolute atomic E-state index is 0.366. The van der Waals surface area contributed by atoms with Crippen LogP contribution < -0.4 is 20.9 Å². The highest BCUT2D eigenvalue weighted by atomic mass is 16.5. The topological polar surface area (TPSA) is 91.4 Å². The van der Waals surface area contributed by atoms with Gasteiger partial charge in [0.1, 0.15) is 0 Å². The molecule has 8 heteroatoms. The Bertz CT molecular complexity index is 943. The SMILES string of the molecule is O=C(Nc1ccccc1)Nc1ccc(Nc2ccccc2N2CCOCC2)nn1. The van der Waals surface area contributed by atoms with E-state index in [2.05, 4.69) is 37.1 Å². The van der Waals surface area contributed by atoms with E-state index in [4.69, 9.17) is 4.74 Å². The van der Waals surface area contributed by atoms with Gasteiger partial charge in [0.25, 0.3) is 0 Å². The van der Waals surface area contributed by atoms with Crippen molar-refractivity contribution in [1.82, 2.24) is 10.2 Å². The van der Waals surface area contributed by atoms with Crippen molar-refractivity contribution in [3.05, 3.63) is 66.7 Å². The summed E-state index contributed by atoms with van der Waals surface area (Å²) in [5.41, 5.74) is 2.75. The summed E-state index contributed by atoms with van der Waals surface area (Å²) < 4.78 is 5.44. The van der Waals surface area contributed by atoms with Crippen molar-refractivity contribution >= 4 is 34.7 Å². The zero-order chi connectivity index (χ0) is 19.9. The van der Waals surface area contributed by atoms with Gasteiger partial charge in [0, 0.05) is 18.8 Å². The molecule has 2 amide bonds. The molecule has 1 fully saturated rings. The molecule has 3 aromatic rings. The second-order valence-electron chi connectivity index (χ2n) is 6.49. The molecule has 148 valence electrons. The standard InChI is InChI=1S/C21H22N6O2/c28-21(22-16-6-2-1-3-7-16)24-20-11-10-19(25-26-20)23-17-8-4-5-9-18(17)27-12-14-29-15-13-27/h1-11H,12-15H2,(H,23,25)(H2,22,24,26,28). The number of hydrogen-bond donors (Lipinski definition) is 3. The number of nitrogens with zero attached hydrogens (tertiary/aromatic N) is 3. The summed E-state index contributed by atoms with van der Waals surface area (Å²) in [7, 11) is 0. The van der Waals surface area contributed by atoms with Gasteiger partial charge in [-0.15, -0.1) is 10.2 Å². The molecule has 0 unspecified atom stereocenters. The number of ether oxygens (including phenoxy) is 1. The lowest BCUT2D eigenvalue weighted by molar-refractivity contribution is 0.123. The van der Waals surface area contributed by atoms with E-state index in [0.717, 1.165) is 37.7 Å². The number of rotatable bonds is 5. The predicted octanol–water partition coefficient (Wildman–Crippen LogP) is 3.70. The monoisotopic (exact) mass is 390 g/mol. The van der Waals surface area contributed by atoms with Crippen LogP contribution in [-0.2, 0) is 4.74 Å². The molecule has 2 heterocycles. The van der Waals surface area contributed by atoms with E-state index in [0.29, 0.717) is 17.3 Å². The minimum atomic E-state index is -0.371. The lowest BCUT2D eigenvalue weighted by Crippen LogP contribution is -2.36. The fourth-order valence-electron chi connectivity index (χ4n) is 3.06. The molecule has 0 bridgehead atoms. The largest absolute Gasteiger partial charge is 0.378 e. The number of carbonyl (C=O) groups excluding carboxylic acids is 1. The van der Waals surface area contributed by atoms with Crippen LogP contribution in [0.15, 0.2) is 66.7 Å². The fraction of sp³-hybridized carbons (Fsp3) is 0.190. The van der Waals surface area contributed by atoms with Gasteiger partial charge in [-0.25, -0.2) is 4.79 Å². The molecule has 8 nitrogen and oxygen atoms in total. The number of carbonyl (C=O) groups is 1. The predicted molar refractivity (Wildman–Crippen MR) is 114 cm³/mol. The molecule has 1 aliphatic rings. The Labute approximate surface area is 168 Å². The van der Waals surface area contributed by atoms with Crippen LogP contribution in [0.4, 0.5) is 33.5 Å². The summed E-state index contributed by atoms with van der Waals surface area (Å²) in [6.07, 6.45) is 0. The Morgan fingerprint density at radius 1 is 0.828 bits per heavy atom. The third kappa shape index (κ3) is 4.99. The summed E-state index contributed by atoms with van der Waals surface area (Å²) in [4.78, 5) is 14.3. The van der Waals surface area contributed by atoms with Crippen LogP contribution in [0.2, 0.25) is 0 Å². The molecule has 4 rings (SSSR count). The molecule has 0 atom stereocenters. The number of hydrogen-bond acceptors (Lipinski definition) is 6. The van der Waals surface area contributed by atoms with Crippen molar-refractivity contribution in [1.29, 1.82) is 0 Å². The third-order valence-corrected chi connectivity index (χ3v) is 4.46. The highest BCUT2D eigenvalue weighted by Gasteiger charge is 2.15. The second-order valence-corrected chi connectivity index (χ2v) is 6.49. The van der Waals surface area contributed by atoms with Gasteiger partial charge < -0.3 is 20.3 Å². The Balaban J connectivity index is 1.39. The molecule has 1 saturated heterocycles. The molecule has 0 saturated carbocycles. The van der Waals surface area contributed by atoms with Crippen LogP contribution in [0.25, 0.3) is 0 Å². The molecular formula is C21H22N6O2. The van der Waals surface area contributed by atoms with Crippen LogP contribution in [0.3, 0.4) is 0 Å². The zero-order valence-electron chi connectivity index (χ0n) is 15.8. The Morgan fingerprint density at radius 2 is 1.52 bits per heavy atom. The van der Waals surface area contributed by atoms with Crippen molar-refractivity contribution in [2.24, 2.45) is 0 Å². The van der Waals surface area contributed by atoms with Gasteiger partial charge in [-0.2, -0.15) is 0 Å². The van der Waals surface area contributed by atoms with E-state index in [-0.39, 0.29) is 6.03 Å². The molecule has 0 radical (unpaired) electrons. The first-order chi connectivity index (χ1) is 14.3. The van der Waals surface area contributed by atoms with Crippen LogP contribution in [-0.4, -0.2) is 42.5 Å². The van der Waals surface area contributed by atoms with E-state index in [1.165, 1.54) is 0 Å². The van der Waals surface area contributed by atoms with Gasteiger partial charge in [0.2, 0.25) is 0 Å². The summed E-state index contributed by atoms with van der Waals surface area (Å²) >= 11 is 0. The molecule has 3 N–H and O–H groups in total. The first-order valence-electron chi connectivity index (χ1n) is 9.43. The number of amides is 2. The molecule has 0 aliphatic carbocycles. The number of nitrogens with one attached hydrogen (secondary N) is 3. The summed E-state index contributed by atoms with van der Waals surface area (Å²) in [5.74, 6) is 0.963. The van der Waals surface area contributed by atoms with Crippen molar-refractivity contribution < 1.29 is 9.53 Å². The average Bonchev–Trinajstić information content (AvgIpc) is 2.77. The number of urea groups is 1. The van der Waals surface area contributed by atoms with Crippen LogP contribution in [0.5, 0.6) is 0 Å². The lowest BCUT2D eigenvalue weighted by Gasteiger charge is -2.30. The van der Waals surface area contributed by atoms with E-state index in [9.17, 15) is 4.79 Å². The maximum Gasteiger partial charge on any atom is 0.324 e. The molecule has 1 aliphatic heterocycles. The van der Waals surface area contributed by atoms with Gasteiger partial charge in [-0.05, 0) is 36.4 Å². The zero-order valence-corrected chi connectivity index (χ0v) is 15.8. The third-order valence-electron chi connectivity index (χ3n) is 4.46. The molecule has 2 aromatic carbocycles. The summed E-state index contributed by atoms with van der Waals surface area (Å²) in [5, 5.41) is 17.0. The second kappa shape index (κ2) is 9.03. The van der Waals surface area contributed by atoms with Crippen molar-refractivity contribution in [2.45, 2.75) is 0 Å². The van der Waals surface area contributed by atoms with Gasteiger partial charge >= 0.3 is 6.03 Å². The number of para-hydroxylation sites is 3. The summed E-state index contributed by atoms with van der Waals surface area (Å²) in [6.45, 7) is 3.15. The van der Waals surface area contributed by atoms with Crippen molar-refractivity contribution in [3.8, 4) is 0 Å². The van der Waals surface area contributed by atoms with Crippen LogP contribution >= 0.6 is 0 Å². The molecular weight excluding hydrogens is 368 g/mol. The van der Waals surface area contributed by atoms with Gasteiger partial charge in [0.15, 0.2) is 11.6 Å². The van der Waals surface area contributed by atoms with Gasteiger partial charge in [-0.3, -0.25) is 5.32 Å². The lowest BCUT2D eigenvalue weighted by atomic mass is 10.2. The minimum Gasteiger partial charge on any atom is -0.378 e. The Hall–Kier alpha value is -3.65. The first kappa shape index (κ1) is 18.7. The quantitative estimate of drug-likeness (QED) is 0.615. The highest BCUT2D eigenvalue weighted by Crippen LogP contribution is 2.28. The van der Waals surface area contributed by atoms with E-state index in [1.54, 1.807) is 12.1 Å². The Kier molecular flexibility index (Phi) is 5.82. The van der Waals surface area contributed by atoms with Crippen LogP contribution in [0.1, 0.15) is 0 Å². The van der Waals surface area contributed by atoms with Crippen molar-refractivity contribution in [3.63, 3.8) is 0 Å². The fourth-order valence-corrected chi connectivity index (χ4v) is 3.06. The Morgan fingerprint density at radius 3 is 2.28 bits per heavy atom. The number of anilines is 5. The van der Waals surface area contributed by atoms with E-state index in [1.807, 2.05) is 48.5 Å². The number of benzene rings is 2. The van der Waals surface area contributed by atoms with Gasteiger partial charge in [0.05, 0.1) is 24.6 Å². The first-order valence-corrected chi connectivity index (χ1v) is 9.43. The van der Waals surface area contributed by atoms with E-state index < -0.39 is 0 Å². The van der Waals surface area contributed by atoms with E-state index >= 15 is 0 Å². The highest BCUT2D eigenvalue weighted by molar-refractivity contribution is 5.99. The maximum atomic E-state index is 12.1. The normalized spacial score (nSPS) is 13.6. The van der Waals surface area contributed by atoms with Crippen LogP contribution in [0, 0.1) is 0 Å². The van der Waals surface area contributed by atoms with Gasteiger partial charge in [-0.1, -0.05) is 30.3 Å². The molecule has 1 aromatic heterocycles. The van der Waals surface area contributed by atoms with Crippen molar-refractivity contribution in [2.75, 3.05) is 47.2 Å². The molecule has 29 heavy (non-hydrogen) atoms. The summed E-state index contributed by atoms with van der Waals surface area (Å²) in [6, 6.07) is 20.4. The average molecular weight is 390 g/mol. The smallest absolute Gasteiger partial charge is 0.324 e.